The Morgan fingerprint density at radius 2 is 2.12 bits per heavy atom. The van der Waals surface area contributed by atoms with E-state index in [1.807, 2.05) is 42.7 Å². The Morgan fingerprint density at radius 3 is 2.81 bits per heavy atom. The van der Waals surface area contributed by atoms with Gasteiger partial charge < -0.3 is 14.8 Å². The topological polar surface area (TPSA) is 47.6 Å². The van der Waals surface area contributed by atoms with E-state index in [-0.39, 0.29) is 12.0 Å². The lowest BCUT2D eigenvalue weighted by atomic mass is 10.2. The second-order valence-electron chi connectivity index (χ2n) is 6.12. The van der Waals surface area contributed by atoms with E-state index in [0.717, 1.165) is 35.7 Å². The molecule has 1 saturated heterocycles. The van der Waals surface area contributed by atoms with Gasteiger partial charge in [0.25, 0.3) is 5.91 Å². The molecule has 4 nitrogen and oxygen atoms in total. The number of benzene rings is 2. The fourth-order valence-corrected chi connectivity index (χ4v) is 3.39. The van der Waals surface area contributed by atoms with Gasteiger partial charge in [-0.1, -0.05) is 23.7 Å². The van der Waals surface area contributed by atoms with Crippen molar-refractivity contribution in [2.24, 2.45) is 0 Å². The molecule has 0 aliphatic carbocycles. The summed E-state index contributed by atoms with van der Waals surface area (Å²) in [6.45, 7) is 1.85. The molecule has 3 rings (SSSR count). The maximum Gasteiger partial charge on any atom is 0.253 e. The van der Waals surface area contributed by atoms with Crippen LogP contribution in [-0.4, -0.2) is 31.5 Å². The molecular formula is C20H22ClNO3S. The molecule has 1 atom stereocenters. The van der Waals surface area contributed by atoms with Gasteiger partial charge in [0.15, 0.2) is 0 Å². The van der Waals surface area contributed by atoms with E-state index in [2.05, 4.69) is 5.32 Å². The van der Waals surface area contributed by atoms with Crippen molar-refractivity contribution in [3.8, 4) is 5.75 Å². The number of ether oxygens (including phenoxy) is 2. The maximum absolute atomic E-state index is 12.4. The monoisotopic (exact) mass is 391 g/mol. The van der Waals surface area contributed by atoms with Crippen molar-refractivity contribution in [1.29, 1.82) is 0 Å². The molecule has 0 spiro atoms. The van der Waals surface area contributed by atoms with Crippen molar-refractivity contribution < 1.29 is 14.3 Å². The number of halogens is 1. The molecule has 1 heterocycles. The van der Waals surface area contributed by atoms with E-state index in [1.54, 1.807) is 17.8 Å². The number of amides is 1. The molecule has 26 heavy (non-hydrogen) atoms. The van der Waals surface area contributed by atoms with Crippen LogP contribution in [0.25, 0.3) is 0 Å². The zero-order chi connectivity index (χ0) is 18.4. The van der Waals surface area contributed by atoms with Gasteiger partial charge in [0.2, 0.25) is 0 Å². The standard InChI is InChI=1S/C20H22ClNO3S/c1-26-17-8-9-19(21)18(11-17)20(23)22-12-14-4-6-15(7-5-14)25-13-16-3-2-10-24-16/h4-9,11,16H,2-3,10,12-13H2,1H3,(H,22,23)/t16-/m1/s1. The zero-order valence-electron chi connectivity index (χ0n) is 14.7. The fourth-order valence-electron chi connectivity index (χ4n) is 2.75. The van der Waals surface area contributed by atoms with Crippen LogP contribution >= 0.6 is 23.4 Å². The molecule has 0 radical (unpaired) electrons. The number of nitrogens with one attached hydrogen (secondary N) is 1. The van der Waals surface area contributed by atoms with Crippen LogP contribution in [0.5, 0.6) is 5.75 Å². The van der Waals surface area contributed by atoms with E-state index in [9.17, 15) is 4.79 Å². The SMILES string of the molecule is CSc1ccc(Cl)c(C(=O)NCc2ccc(OC[C@H]3CCCO3)cc2)c1. The molecule has 0 saturated carbocycles. The second kappa shape index (κ2) is 9.31. The van der Waals surface area contributed by atoms with Gasteiger partial charge in [-0.25, -0.2) is 0 Å². The number of carbonyl (C=O) groups excluding carboxylic acids is 1. The minimum atomic E-state index is -0.176. The Balaban J connectivity index is 1.52. The molecular weight excluding hydrogens is 370 g/mol. The Labute approximate surface area is 163 Å². The minimum Gasteiger partial charge on any atom is -0.491 e. The Bertz CT molecular complexity index is 745. The van der Waals surface area contributed by atoms with Gasteiger partial charge in [0.1, 0.15) is 12.4 Å². The van der Waals surface area contributed by atoms with E-state index >= 15 is 0 Å². The number of hydrogen-bond acceptors (Lipinski definition) is 4. The minimum absolute atomic E-state index is 0.176. The highest BCUT2D eigenvalue weighted by molar-refractivity contribution is 7.98. The van der Waals surface area contributed by atoms with E-state index in [1.165, 1.54) is 0 Å². The largest absolute Gasteiger partial charge is 0.491 e. The van der Waals surface area contributed by atoms with E-state index < -0.39 is 0 Å². The van der Waals surface area contributed by atoms with Crippen LogP contribution in [0.4, 0.5) is 0 Å². The van der Waals surface area contributed by atoms with Crippen molar-refractivity contribution in [2.75, 3.05) is 19.5 Å². The van der Waals surface area contributed by atoms with Crippen molar-refractivity contribution in [2.45, 2.75) is 30.4 Å². The molecule has 0 aromatic heterocycles. The molecule has 6 heteroatoms. The second-order valence-corrected chi connectivity index (χ2v) is 7.41. The molecule has 138 valence electrons. The van der Waals surface area contributed by atoms with Gasteiger partial charge in [0, 0.05) is 18.0 Å². The van der Waals surface area contributed by atoms with E-state index in [0.29, 0.717) is 23.7 Å². The third-order valence-corrected chi connectivity index (χ3v) is 5.31. The van der Waals surface area contributed by atoms with Crippen LogP contribution < -0.4 is 10.1 Å². The Morgan fingerprint density at radius 1 is 1.31 bits per heavy atom. The first kappa shape index (κ1) is 19.1. The first-order valence-electron chi connectivity index (χ1n) is 8.61. The average Bonchev–Trinajstić information content (AvgIpc) is 3.19. The lowest BCUT2D eigenvalue weighted by Gasteiger charge is -2.12. The van der Waals surface area contributed by atoms with Gasteiger partial charge in [-0.2, -0.15) is 0 Å². The molecule has 0 unspecified atom stereocenters. The number of rotatable bonds is 7. The van der Waals surface area contributed by atoms with Gasteiger partial charge in [-0.15, -0.1) is 11.8 Å². The normalized spacial score (nSPS) is 16.5. The molecule has 1 fully saturated rings. The predicted molar refractivity (Wildman–Crippen MR) is 105 cm³/mol. The Kier molecular flexibility index (Phi) is 6.83. The smallest absolute Gasteiger partial charge is 0.253 e. The number of hydrogen-bond donors (Lipinski definition) is 1. The van der Waals surface area contributed by atoms with Crippen LogP contribution in [0.1, 0.15) is 28.8 Å². The fraction of sp³-hybridized carbons (Fsp3) is 0.350. The van der Waals surface area contributed by atoms with Gasteiger partial charge in [-0.3, -0.25) is 4.79 Å². The van der Waals surface area contributed by atoms with Crippen LogP contribution in [0.3, 0.4) is 0 Å². The molecule has 0 bridgehead atoms. The third kappa shape index (κ3) is 5.16. The number of carbonyl (C=O) groups is 1. The molecule has 1 aliphatic heterocycles. The van der Waals surface area contributed by atoms with Gasteiger partial charge >= 0.3 is 0 Å². The van der Waals surface area contributed by atoms with Gasteiger partial charge in [0.05, 0.1) is 16.7 Å². The summed E-state index contributed by atoms with van der Waals surface area (Å²) < 4.78 is 11.3. The van der Waals surface area contributed by atoms with Gasteiger partial charge in [-0.05, 0) is 55.0 Å². The van der Waals surface area contributed by atoms with Crippen LogP contribution in [0.15, 0.2) is 47.4 Å². The summed E-state index contributed by atoms with van der Waals surface area (Å²) in [7, 11) is 0. The molecule has 2 aromatic rings. The lowest BCUT2D eigenvalue weighted by molar-refractivity contribution is 0.0679. The first-order chi connectivity index (χ1) is 12.7. The van der Waals surface area contributed by atoms with Crippen molar-refractivity contribution in [1.82, 2.24) is 5.32 Å². The quantitative estimate of drug-likeness (QED) is 0.703. The van der Waals surface area contributed by atoms with Crippen molar-refractivity contribution in [3.05, 3.63) is 58.6 Å². The first-order valence-corrected chi connectivity index (χ1v) is 10.2. The Hall–Kier alpha value is -1.69. The van der Waals surface area contributed by atoms with Crippen molar-refractivity contribution >= 4 is 29.3 Å². The number of thioether (sulfide) groups is 1. The molecule has 1 N–H and O–H groups in total. The molecule has 2 aromatic carbocycles. The van der Waals surface area contributed by atoms with Crippen molar-refractivity contribution in [3.63, 3.8) is 0 Å². The highest BCUT2D eigenvalue weighted by Crippen LogP contribution is 2.23. The summed E-state index contributed by atoms with van der Waals surface area (Å²) in [6, 6.07) is 13.2. The van der Waals surface area contributed by atoms with Crippen LogP contribution in [0, 0.1) is 0 Å². The van der Waals surface area contributed by atoms with Crippen LogP contribution in [0.2, 0.25) is 5.02 Å². The summed E-state index contributed by atoms with van der Waals surface area (Å²) in [4.78, 5) is 13.4. The molecule has 1 aliphatic rings. The summed E-state index contributed by atoms with van der Waals surface area (Å²) in [5.41, 5.74) is 1.50. The summed E-state index contributed by atoms with van der Waals surface area (Å²) in [6.07, 6.45) is 4.34. The van der Waals surface area contributed by atoms with E-state index in [4.69, 9.17) is 21.1 Å². The van der Waals surface area contributed by atoms with Crippen LogP contribution in [-0.2, 0) is 11.3 Å². The summed E-state index contributed by atoms with van der Waals surface area (Å²) >= 11 is 7.72. The summed E-state index contributed by atoms with van der Waals surface area (Å²) in [5.74, 6) is 0.635. The third-order valence-electron chi connectivity index (χ3n) is 4.25. The lowest BCUT2D eigenvalue weighted by Crippen LogP contribution is -2.23. The highest BCUT2D eigenvalue weighted by atomic mass is 35.5. The highest BCUT2D eigenvalue weighted by Gasteiger charge is 2.16. The maximum atomic E-state index is 12.4. The summed E-state index contributed by atoms with van der Waals surface area (Å²) in [5, 5.41) is 3.37. The average molecular weight is 392 g/mol. The predicted octanol–water partition coefficient (Wildman–Crippen LogP) is 4.55. The molecule has 1 amide bonds. The zero-order valence-corrected chi connectivity index (χ0v) is 16.2.